The number of benzene rings is 1. The van der Waals surface area contributed by atoms with Gasteiger partial charge in [-0.1, -0.05) is 44.2 Å². The van der Waals surface area contributed by atoms with E-state index in [-0.39, 0.29) is 17.4 Å². The summed E-state index contributed by atoms with van der Waals surface area (Å²) in [5, 5.41) is 3.40. The van der Waals surface area contributed by atoms with Crippen LogP contribution < -0.4 is 5.32 Å². The van der Waals surface area contributed by atoms with Crippen LogP contribution in [0.3, 0.4) is 0 Å². The van der Waals surface area contributed by atoms with Crippen molar-refractivity contribution in [3.63, 3.8) is 0 Å². The average molecular weight is 261 g/mol. The van der Waals surface area contributed by atoms with Gasteiger partial charge in [-0.15, -0.1) is 0 Å². The first-order valence-electron chi connectivity index (χ1n) is 6.91. The molecule has 3 heteroatoms. The molecular formula is C16H23NO2. The molecule has 1 aromatic rings. The Bertz CT molecular complexity index is 424. The van der Waals surface area contributed by atoms with Crippen molar-refractivity contribution < 1.29 is 9.53 Å². The molecule has 19 heavy (non-hydrogen) atoms. The monoisotopic (exact) mass is 261 g/mol. The molecule has 1 fully saturated rings. The summed E-state index contributed by atoms with van der Waals surface area (Å²) < 4.78 is 4.88. The van der Waals surface area contributed by atoms with Crippen molar-refractivity contribution >= 4 is 5.97 Å². The summed E-state index contributed by atoms with van der Waals surface area (Å²) in [6.45, 7) is 5.15. The van der Waals surface area contributed by atoms with Crippen molar-refractivity contribution in [1.82, 2.24) is 5.32 Å². The first kappa shape index (κ1) is 14.1. The van der Waals surface area contributed by atoms with E-state index in [1.165, 1.54) is 12.7 Å². The number of rotatable bonds is 6. The zero-order chi connectivity index (χ0) is 13.9. The molecule has 1 saturated carbocycles. The van der Waals surface area contributed by atoms with Crippen LogP contribution in [-0.4, -0.2) is 25.7 Å². The highest BCUT2D eigenvalue weighted by molar-refractivity contribution is 5.76. The third-order valence-electron chi connectivity index (χ3n) is 3.87. The smallest absolute Gasteiger partial charge is 0.323 e. The number of carbonyl (C=O) groups excluding carboxylic acids is 1. The van der Waals surface area contributed by atoms with Crippen molar-refractivity contribution in [1.29, 1.82) is 0 Å². The van der Waals surface area contributed by atoms with E-state index < -0.39 is 0 Å². The quantitative estimate of drug-likeness (QED) is 0.800. The van der Waals surface area contributed by atoms with Gasteiger partial charge in [0, 0.05) is 12.0 Å². The lowest BCUT2D eigenvalue weighted by atomic mass is 9.84. The largest absolute Gasteiger partial charge is 0.468 e. The van der Waals surface area contributed by atoms with E-state index in [9.17, 15) is 4.79 Å². The van der Waals surface area contributed by atoms with Crippen LogP contribution in [0.5, 0.6) is 0 Å². The molecule has 0 radical (unpaired) electrons. The zero-order valence-electron chi connectivity index (χ0n) is 12.0. The summed E-state index contributed by atoms with van der Waals surface area (Å²) in [7, 11) is 1.46. The Labute approximate surface area is 115 Å². The molecule has 0 aliphatic heterocycles. The normalized spacial score (nSPS) is 17.0. The fourth-order valence-corrected chi connectivity index (χ4v) is 2.36. The van der Waals surface area contributed by atoms with Crippen molar-refractivity contribution in [3.8, 4) is 0 Å². The Hall–Kier alpha value is -1.35. The average Bonchev–Trinajstić information content (AvgIpc) is 3.24. The molecule has 3 nitrogen and oxygen atoms in total. The molecule has 0 spiro atoms. The van der Waals surface area contributed by atoms with E-state index in [0.29, 0.717) is 5.92 Å². The lowest BCUT2D eigenvalue weighted by Gasteiger charge is -2.28. The standard InChI is InChI=1S/C16H23NO2/c1-16(2,13-7-5-4-6-8-13)11-17-14(12-9-10-12)15(18)19-3/h4-8,12,14,17H,9-11H2,1-3H3. The van der Waals surface area contributed by atoms with Gasteiger partial charge in [0.1, 0.15) is 6.04 Å². The number of esters is 1. The molecule has 0 bridgehead atoms. The van der Waals surface area contributed by atoms with E-state index >= 15 is 0 Å². The van der Waals surface area contributed by atoms with Crippen LogP contribution in [0.1, 0.15) is 32.3 Å². The molecule has 2 rings (SSSR count). The summed E-state index contributed by atoms with van der Waals surface area (Å²) in [5.41, 5.74) is 1.28. The second-order valence-electron chi connectivity index (χ2n) is 5.97. The highest BCUT2D eigenvalue weighted by Crippen LogP contribution is 2.33. The Morgan fingerprint density at radius 3 is 2.53 bits per heavy atom. The van der Waals surface area contributed by atoms with Crippen molar-refractivity contribution in [2.75, 3.05) is 13.7 Å². The second kappa shape index (κ2) is 5.74. The molecule has 1 unspecified atom stereocenters. The van der Waals surface area contributed by atoms with Gasteiger partial charge in [-0.25, -0.2) is 0 Å². The summed E-state index contributed by atoms with van der Waals surface area (Å²) in [6.07, 6.45) is 2.25. The SMILES string of the molecule is COC(=O)C(NCC(C)(C)c1ccccc1)C1CC1. The lowest BCUT2D eigenvalue weighted by Crippen LogP contribution is -2.45. The van der Waals surface area contributed by atoms with E-state index in [4.69, 9.17) is 4.74 Å². The van der Waals surface area contributed by atoms with Gasteiger partial charge in [-0.05, 0) is 24.3 Å². The molecular weight excluding hydrogens is 238 g/mol. The molecule has 0 aromatic heterocycles. The van der Waals surface area contributed by atoms with Gasteiger partial charge in [0.25, 0.3) is 0 Å². The molecule has 0 heterocycles. The van der Waals surface area contributed by atoms with E-state index in [0.717, 1.165) is 19.4 Å². The van der Waals surface area contributed by atoms with Gasteiger partial charge in [-0.3, -0.25) is 4.79 Å². The molecule has 1 aromatic carbocycles. The second-order valence-corrected chi connectivity index (χ2v) is 5.97. The number of carbonyl (C=O) groups is 1. The first-order chi connectivity index (χ1) is 9.04. The summed E-state index contributed by atoms with van der Waals surface area (Å²) in [4.78, 5) is 11.8. The molecule has 1 atom stereocenters. The maximum atomic E-state index is 11.8. The minimum absolute atomic E-state index is 0.00240. The maximum absolute atomic E-state index is 11.8. The van der Waals surface area contributed by atoms with Gasteiger partial charge in [0.05, 0.1) is 7.11 Å². The molecule has 1 N–H and O–H groups in total. The fraction of sp³-hybridized carbons (Fsp3) is 0.562. The number of hydrogen-bond donors (Lipinski definition) is 1. The number of ether oxygens (including phenoxy) is 1. The minimum Gasteiger partial charge on any atom is -0.468 e. The van der Waals surface area contributed by atoms with E-state index in [1.54, 1.807) is 0 Å². The molecule has 1 aliphatic carbocycles. The fourth-order valence-electron chi connectivity index (χ4n) is 2.36. The Morgan fingerprint density at radius 2 is 2.00 bits per heavy atom. The lowest BCUT2D eigenvalue weighted by molar-refractivity contribution is -0.143. The van der Waals surface area contributed by atoms with Crippen molar-refractivity contribution in [3.05, 3.63) is 35.9 Å². The molecule has 1 aliphatic rings. The number of nitrogens with one attached hydrogen (secondary N) is 1. The van der Waals surface area contributed by atoms with E-state index in [1.807, 2.05) is 6.07 Å². The molecule has 0 saturated heterocycles. The van der Waals surface area contributed by atoms with Crippen LogP contribution in [0, 0.1) is 5.92 Å². The molecule has 104 valence electrons. The third kappa shape index (κ3) is 3.57. The predicted octanol–water partition coefficient (Wildman–Crippen LogP) is 2.51. The van der Waals surface area contributed by atoms with Gasteiger partial charge in [0.2, 0.25) is 0 Å². The van der Waals surface area contributed by atoms with Crippen molar-refractivity contribution in [2.45, 2.75) is 38.1 Å². The highest BCUT2D eigenvalue weighted by Gasteiger charge is 2.37. The van der Waals surface area contributed by atoms with Crippen LogP contribution >= 0.6 is 0 Å². The zero-order valence-corrected chi connectivity index (χ0v) is 12.0. The Kier molecular flexibility index (Phi) is 4.25. The van der Waals surface area contributed by atoms with Crippen LogP contribution in [0.4, 0.5) is 0 Å². The predicted molar refractivity (Wildman–Crippen MR) is 76.0 cm³/mol. The summed E-state index contributed by atoms with van der Waals surface area (Å²) in [5.74, 6) is 0.324. The number of hydrogen-bond acceptors (Lipinski definition) is 3. The van der Waals surface area contributed by atoms with E-state index in [2.05, 4.69) is 43.4 Å². The first-order valence-corrected chi connectivity index (χ1v) is 6.91. The minimum atomic E-state index is -0.145. The number of methoxy groups -OCH3 is 1. The van der Waals surface area contributed by atoms with Crippen molar-refractivity contribution in [2.24, 2.45) is 5.92 Å². The summed E-state index contributed by atoms with van der Waals surface area (Å²) >= 11 is 0. The topological polar surface area (TPSA) is 38.3 Å². The van der Waals surface area contributed by atoms with Gasteiger partial charge >= 0.3 is 5.97 Å². The maximum Gasteiger partial charge on any atom is 0.323 e. The highest BCUT2D eigenvalue weighted by atomic mass is 16.5. The van der Waals surface area contributed by atoms with Crippen LogP contribution in [-0.2, 0) is 14.9 Å². The van der Waals surface area contributed by atoms with Crippen LogP contribution in [0.2, 0.25) is 0 Å². The third-order valence-corrected chi connectivity index (χ3v) is 3.87. The van der Waals surface area contributed by atoms with Gasteiger partial charge in [-0.2, -0.15) is 0 Å². The van der Waals surface area contributed by atoms with Crippen LogP contribution in [0.15, 0.2) is 30.3 Å². The van der Waals surface area contributed by atoms with Crippen LogP contribution in [0.25, 0.3) is 0 Å². The van der Waals surface area contributed by atoms with Gasteiger partial charge in [0.15, 0.2) is 0 Å². The molecule has 0 amide bonds. The Morgan fingerprint density at radius 1 is 1.37 bits per heavy atom. The summed E-state index contributed by atoms with van der Waals surface area (Å²) in [6, 6.07) is 10.2. The van der Waals surface area contributed by atoms with Gasteiger partial charge < -0.3 is 10.1 Å². The Balaban J connectivity index is 1.98.